The zero-order valence-corrected chi connectivity index (χ0v) is 27.8. The van der Waals surface area contributed by atoms with E-state index in [1.807, 2.05) is 0 Å². The normalized spacial score (nSPS) is 12.5. The first kappa shape index (κ1) is 38.7. The first-order chi connectivity index (χ1) is 21.3. The maximum atomic E-state index is 12.5. The lowest BCUT2D eigenvalue weighted by atomic mass is 10.1. The largest absolute Gasteiger partial charge is 0.478 e. The van der Waals surface area contributed by atoms with Crippen molar-refractivity contribution in [2.75, 3.05) is 26.2 Å². The lowest BCUT2D eigenvalue weighted by Crippen LogP contribution is -2.48. The minimum Gasteiger partial charge on any atom is -0.478 e. The number of ether oxygens (including phenoxy) is 1. The van der Waals surface area contributed by atoms with E-state index in [1.165, 1.54) is 0 Å². The number of carbonyl (C=O) groups is 2. The number of rotatable bonds is 24. The number of carbonyl (C=O) groups excluding carboxylic acids is 2. The fourth-order valence-electron chi connectivity index (χ4n) is 3.83. The third kappa shape index (κ3) is 22.2. The number of allylic oxidation sites excluding steroid dienone is 12. The van der Waals surface area contributed by atoms with Gasteiger partial charge >= 0.3 is 0 Å². The molecular weight excluding hydrogens is 570 g/mol. The van der Waals surface area contributed by atoms with Gasteiger partial charge in [0.25, 0.3) is 5.91 Å². The van der Waals surface area contributed by atoms with Crippen molar-refractivity contribution in [1.29, 1.82) is 0 Å². The van der Waals surface area contributed by atoms with E-state index in [0.717, 1.165) is 57.9 Å². The van der Waals surface area contributed by atoms with E-state index >= 15 is 0 Å². The number of halogens is 1. The van der Waals surface area contributed by atoms with Crippen LogP contribution in [0.25, 0.3) is 0 Å². The quantitative estimate of drug-likeness (QED) is 0.0801. The van der Waals surface area contributed by atoms with Crippen LogP contribution in [0.5, 0.6) is 5.75 Å². The molecule has 0 radical (unpaired) electrons. The van der Waals surface area contributed by atoms with Crippen molar-refractivity contribution in [2.24, 2.45) is 0 Å². The summed E-state index contributed by atoms with van der Waals surface area (Å²) in [5, 5.41) is 9.74. The minimum atomic E-state index is -0.997. The summed E-state index contributed by atoms with van der Waals surface area (Å²) in [6.45, 7) is 8.13. The monoisotopic (exact) mass is 623 g/mol. The molecule has 2 amide bonds. The highest BCUT2D eigenvalue weighted by molar-refractivity contribution is 6.30. The molecule has 44 heavy (non-hydrogen) atoms. The topological polar surface area (TPSA) is 79.5 Å². The molecule has 0 atom stereocenters. The molecule has 0 aliphatic carbocycles. The fraction of sp³-hybridized carbons (Fsp3) is 0.459. The van der Waals surface area contributed by atoms with Crippen molar-refractivity contribution < 1.29 is 14.3 Å². The number of hydrogen-bond donors (Lipinski definition) is 3. The Morgan fingerprint density at radius 2 is 1.23 bits per heavy atom. The Balaban J connectivity index is 1.96. The number of hydrogen-bond acceptors (Lipinski definition) is 4. The van der Waals surface area contributed by atoms with E-state index < -0.39 is 5.60 Å². The summed E-state index contributed by atoms with van der Waals surface area (Å²) in [7, 11) is 0. The Labute approximate surface area is 271 Å². The molecule has 242 valence electrons. The molecule has 1 aromatic carbocycles. The highest BCUT2D eigenvalue weighted by atomic mass is 35.5. The molecule has 1 aromatic rings. The van der Waals surface area contributed by atoms with Crippen LogP contribution in [-0.2, 0) is 9.59 Å². The van der Waals surface area contributed by atoms with Crippen molar-refractivity contribution >= 4 is 23.4 Å². The zero-order chi connectivity index (χ0) is 32.1. The van der Waals surface area contributed by atoms with Crippen LogP contribution in [-0.4, -0.2) is 43.6 Å². The van der Waals surface area contributed by atoms with E-state index in [0.29, 0.717) is 36.8 Å². The fourth-order valence-corrected chi connectivity index (χ4v) is 3.96. The predicted octanol–water partition coefficient (Wildman–Crippen LogP) is 8.19. The van der Waals surface area contributed by atoms with E-state index in [1.54, 1.807) is 38.1 Å². The maximum absolute atomic E-state index is 12.5. The van der Waals surface area contributed by atoms with E-state index in [4.69, 9.17) is 16.3 Å². The molecule has 0 aromatic heterocycles. The van der Waals surface area contributed by atoms with Gasteiger partial charge in [0, 0.05) is 31.1 Å². The Morgan fingerprint density at radius 1 is 0.705 bits per heavy atom. The standard InChI is InChI=1S/C37H54ClN3O3/c1-4-5-6-7-8-9-10-11-12-13-14-15-16-17-18-19-20-21-22-24-35(42)40-30-23-29-39-31-32-41-36(43)37(2,3)44-34-27-25-33(38)26-28-34/h5-6,8-9,11-12,14-15,17-18,20-21,25-28,39H,4,7,10,13,16,19,22-24,29-32H2,1-3H3,(H,40,42)(H,41,43). The Kier molecular flexibility index (Phi) is 22.9. The average molecular weight is 624 g/mol. The van der Waals surface area contributed by atoms with E-state index in [9.17, 15) is 9.59 Å². The molecule has 0 fully saturated rings. The number of benzene rings is 1. The highest BCUT2D eigenvalue weighted by Gasteiger charge is 2.29. The average Bonchev–Trinajstić information content (AvgIpc) is 3.00. The zero-order valence-electron chi connectivity index (χ0n) is 27.0. The second-order valence-corrected chi connectivity index (χ2v) is 11.2. The molecule has 0 spiro atoms. The molecule has 6 nitrogen and oxygen atoms in total. The first-order valence-electron chi connectivity index (χ1n) is 16.0. The van der Waals surface area contributed by atoms with Gasteiger partial charge in [0.05, 0.1) is 0 Å². The van der Waals surface area contributed by atoms with Crippen LogP contribution < -0.4 is 20.7 Å². The lowest BCUT2D eigenvalue weighted by molar-refractivity contribution is -0.134. The SMILES string of the molecule is CCC=CCC=CCC=CCC=CCC=CCC=CCCC(=O)NCCCNCCNC(=O)C(C)(C)Oc1ccc(Cl)cc1. The summed E-state index contributed by atoms with van der Waals surface area (Å²) < 4.78 is 5.80. The van der Waals surface area contributed by atoms with Gasteiger partial charge in [0.2, 0.25) is 5.91 Å². The first-order valence-corrected chi connectivity index (χ1v) is 16.3. The Hall–Kier alpha value is -3.35. The van der Waals surface area contributed by atoms with Crippen LogP contribution in [0.1, 0.15) is 78.6 Å². The Morgan fingerprint density at radius 3 is 1.77 bits per heavy atom. The van der Waals surface area contributed by atoms with E-state index in [2.05, 4.69) is 95.8 Å². The molecule has 0 saturated carbocycles. The van der Waals surface area contributed by atoms with Gasteiger partial charge in [0.15, 0.2) is 5.60 Å². The lowest BCUT2D eigenvalue weighted by Gasteiger charge is -2.25. The van der Waals surface area contributed by atoms with Crippen LogP contribution in [0.15, 0.2) is 97.2 Å². The van der Waals surface area contributed by atoms with Crippen molar-refractivity contribution in [3.63, 3.8) is 0 Å². The van der Waals surface area contributed by atoms with Crippen LogP contribution in [0.4, 0.5) is 0 Å². The van der Waals surface area contributed by atoms with Gasteiger partial charge in [-0.25, -0.2) is 0 Å². The number of amides is 2. The molecule has 0 bridgehead atoms. The van der Waals surface area contributed by atoms with Crippen LogP contribution >= 0.6 is 11.6 Å². The van der Waals surface area contributed by atoms with Gasteiger partial charge in [-0.2, -0.15) is 0 Å². The smallest absolute Gasteiger partial charge is 0.263 e. The molecule has 3 N–H and O–H groups in total. The van der Waals surface area contributed by atoms with Crippen LogP contribution in [0.3, 0.4) is 0 Å². The van der Waals surface area contributed by atoms with Gasteiger partial charge in [-0.15, -0.1) is 0 Å². The van der Waals surface area contributed by atoms with Crippen molar-refractivity contribution in [3.8, 4) is 5.75 Å². The predicted molar refractivity (Wildman–Crippen MR) is 187 cm³/mol. The van der Waals surface area contributed by atoms with Gasteiger partial charge in [-0.05, 0) is 96.0 Å². The summed E-state index contributed by atoms with van der Waals surface area (Å²) in [5.74, 6) is 0.472. The number of nitrogens with one attached hydrogen (secondary N) is 3. The third-order valence-electron chi connectivity index (χ3n) is 6.31. The van der Waals surface area contributed by atoms with Gasteiger partial charge in [-0.3, -0.25) is 9.59 Å². The van der Waals surface area contributed by atoms with Crippen LogP contribution in [0, 0.1) is 0 Å². The van der Waals surface area contributed by atoms with Crippen LogP contribution in [0.2, 0.25) is 5.02 Å². The van der Waals surface area contributed by atoms with E-state index in [-0.39, 0.29) is 11.8 Å². The molecule has 1 rings (SSSR count). The molecule has 0 aliphatic rings. The summed E-state index contributed by atoms with van der Waals surface area (Å²) in [6, 6.07) is 6.93. The van der Waals surface area contributed by atoms with Gasteiger partial charge < -0.3 is 20.7 Å². The summed E-state index contributed by atoms with van der Waals surface area (Å²) in [6.07, 6.45) is 34.1. The summed E-state index contributed by atoms with van der Waals surface area (Å²) in [4.78, 5) is 24.5. The van der Waals surface area contributed by atoms with Gasteiger partial charge in [-0.1, -0.05) is 91.4 Å². The Bertz CT molecular complexity index is 1090. The summed E-state index contributed by atoms with van der Waals surface area (Å²) >= 11 is 5.89. The molecule has 0 unspecified atom stereocenters. The molecule has 0 aliphatic heterocycles. The maximum Gasteiger partial charge on any atom is 0.263 e. The minimum absolute atomic E-state index is 0.0692. The van der Waals surface area contributed by atoms with Crippen molar-refractivity contribution in [2.45, 2.75) is 84.2 Å². The second-order valence-electron chi connectivity index (χ2n) is 10.7. The van der Waals surface area contributed by atoms with Gasteiger partial charge in [0.1, 0.15) is 5.75 Å². The third-order valence-corrected chi connectivity index (χ3v) is 6.56. The summed E-state index contributed by atoms with van der Waals surface area (Å²) in [5.41, 5.74) is -0.997. The van der Waals surface area contributed by atoms with Crippen molar-refractivity contribution in [3.05, 3.63) is 102 Å². The highest BCUT2D eigenvalue weighted by Crippen LogP contribution is 2.21. The second kappa shape index (κ2) is 26.1. The molecule has 7 heteroatoms. The molecular formula is C37H54ClN3O3. The van der Waals surface area contributed by atoms with Crippen molar-refractivity contribution in [1.82, 2.24) is 16.0 Å². The molecule has 0 heterocycles. The molecule has 0 saturated heterocycles.